The smallest absolute Gasteiger partial charge is 0.226 e. The van der Waals surface area contributed by atoms with Gasteiger partial charge in [0.15, 0.2) is 6.29 Å². The van der Waals surface area contributed by atoms with Gasteiger partial charge in [0.2, 0.25) is 11.9 Å². The summed E-state index contributed by atoms with van der Waals surface area (Å²) in [5, 5.41) is 10.1. The highest BCUT2D eigenvalue weighted by Crippen LogP contribution is 2.26. The van der Waals surface area contributed by atoms with E-state index in [4.69, 9.17) is 4.74 Å². The molecule has 1 aromatic heterocycles. The molecule has 0 bridgehead atoms. The second kappa shape index (κ2) is 5.76. The Morgan fingerprint density at radius 1 is 1.36 bits per heavy atom. The highest BCUT2D eigenvalue weighted by atomic mass is 16.5. The topological polar surface area (TPSA) is 88.2 Å². The fourth-order valence-electron chi connectivity index (χ4n) is 2.60. The molecule has 1 aliphatic heterocycles. The summed E-state index contributed by atoms with van der Waals surface area (Å²) in [6.45, 7) is 3.88. The predicted octanol–water partition coefficient (Wildman–Crippen LogP) is 1.14. The van der Waals surface area contributed by atoms with Crippen LogP contribution in [0.5, 0.6) is 5.75 Å². The van der Waals surface area contributed by atoms with Gasteiger partial charge in [0, 0.05) is 17.8 Å². The summed E-state index contributed by atoms with van der Waals surface area (Å²) in [6, 6.07) is 5.83. The Balaban J connectivity index is 1.92. The van der Waals surface area contributed by atoms with Crippen molar-refractivity contribution in [2.45, 2.75) is 32.6 Å². The molecule has 1 aliphatic rings. The molecule has 3 rings (SSSR count). The number of fused-ring (bicyclic) bond motifs is 1. The number of nitrogens with one attached hydrogen (secondary N) is 3. The number of ether oxygens (including phenoxy) is 1. The number of rotatable bonds is 3. The van der Waals surface area contributed by atoms with Crippen molar-refractivity contribution in [3.05, 3.63) is 23.9 Å². The van der Waals surface area contributed by atoms with Crippen LogP contribution in [-0.2, 0) is 4.79 Å². The second-order valence-electron chi connectivity index (χ2n) is 5.41. The van der Waals surface area contributed by atoms with Crippen molar-refractivity contribution in [1.82, 2.24) is 20.6 Å². The lowest BCUT2D eigenvalue weighted by Gasteiger charge is -2.30. The fourth-order valence-corrected chi connectivity index (χ4v) is 2.60. The van der Waals surface area contributed by atoms with Crippen molar-refractivity contribution < 1.29 is 9.53 Å². The van der Waals surface area contributed by atoms with Gasteiger partial charge in [0.05, 0.1) is 12.8 Å². The molecule has 3 N–H and O–H groups in total. The number of benzene rings is 1. The van der Waals surface area contributed by atoms with Gasteiger partial charge in [-0.2, -0.15) is 0 Å². The van der Waals surface area contributed by atoms with E-state index in [1.165, 1.54) is 0 Å². The molecule has 0 aliphatic carbocycles. The quantitative estimate of drug-likeness (QED) is 0.788. The first-order chi connectivity index (χ1) is 10.6. The first-order valence-corrected chi connectivity index (χ1v) is 7.20. The van der Waals surface area contributed by atoms with Crippen LogP contribution in [0.15, 0.2) is 18.2 Å². The van der Waals surface area contributed by atoms with Gasteiger partial charge in [-0.05, 0) is 19.9 Å². The summed E-state index contributed by atoms with van der Waals surface area (Å²) in [4.78, 5) is 20.6. The summed E-state index contributed by atoms with van der Waals surface area (Å²) in [5.41, 5.74) is 1.59. The van der Waals surface area contributed by atoms with Crippen molar-refractivity contribution in [1.29, 1.82) is 0 Å². The maximum atomic E-state index is 11.6. The van der Waals surface area contributed by atoms with Crippen molar-refractivity contribution >= 4 is 22.8 Å². The molecule has 22 heavy (non-hydrogen) atoms. The Morgan fingerprint density at radius 3 is 2.91 bits per heavy atom. The van der Waals surface area contributed by atoms with Crippen molar-refractivity contribution in [3.63, 3.8) is 0 Å². The molecule has 7 heteroatoms. The van der Waals surface area contributed by atoms with Crippen LogP contribution in [-0.4, -0.2) is 35.3 Å². The van der Waals surface area contributed by atoms with Gasteiger partial charge in [0.1, 0.15) is 11.3 Å². The molecule has 2 heterocycles. The average Bonchev–Trinajstić information content (AvgIpc) is 2.45. The molecule has 0 radical (unpaired) electrons. The minimum absolute atomic E-state index is 0.00107. The number of hydrogen-bond donors (Lipinski definition) is 3. The van der Waals surface area contributed by atoms with Crippen LogP contribution in [0.3, 0.4) is 0 Å². The Morgan fingerprint density at radius 2 is 2.18 bits per heavy atom. The minimum atomic E-state index is -0.386. The van der Waals surface area contributed by atoms with E-state index in [9.17, 15) is 4.79 Å². The number of carbonyl (C=O) groups excluding carboxylic acids is 1. The standard InChI is InChI=1S/C15H19N5O2/c1-8-7-12(21)18-14(16-8)20-15-17-9(2)10-5-4-6-11(22-3)13(10)19-15/h4-6,8,14,16H,7H2,1-3H3,(H,18,21)(H,17,19,20). The van der Waals surface area contributed by atoms with E-state index in [1.54, 1.807) is 7.11 Å². The molecular weight excluding hydrogens is 282 g/mol. The number of anilines is 1. The third kappa shape index (κ3) is 2.80. The van der Waals surface area contributed by atoms with Gasteiger partial charge in [-0.25, -0.2) is 9.97 Å². The van der Waals surface area contributed by atoms with E-state index in [1.807, 2.05) is 32.0 Å². The van der Waals surface area contributed by atoms with Gasteiger partial charge < -0.3 is 15.4 Å². The molecule has 0 saturated carbocycles. The van der Waals surface area contributed by atoms with Crippen molar-refractivity contribution in [3.8, 4) is 5.75 Å². The number of aryl methyl sites for hydroxylation is 1. The van der Waals surface area contributed by atoms with Crippen LogP contribution in [0.25, 0.3) is 10.9 Å². The minimum Gasteiger partial charge on any atom is -0.494 e. The lowest BCUT2D eigenvalue weighted by atomic mass is 10.2. The normalized spacial score (nSPS) is 21.5. The zero-order chi connectivity index (χ0) is 15.7. The van der Waals surface area contributed by atoms with E-state index in [0.717, 1.165) is 16.6 Å². The summed E-state index contributed by atoms with van der Waals surface area (Å²) in [6.07, 6.45) is 0.0756. The van der Waals surface area contributed by atoms with E-state index < -0.39 is 0 Å². The van der Waals surface area contributed by atoms with Crippen LogP contribution in [0.4, 0.5) is 5.95 Å². The number of carbonyl (C=O) groups is 1. The Kier molecular flexibility index (Phi) is 3.81. The molecule has 116 valence electrons. The van der Waals surface area contributed by atoms with Gasteiger partial charge in [-0.3, -0.25) is 10.1 Å². The highest BCUT2D eigenvalue weighted by Gasteiger charge is 2.23. The van der Waals surface area contributed by atoms with Crippen molar-refractivity contribution in [2.75, 3.05) is 12.4 Å². The number of para-hydroxylation sites is 1. The molecule has 0 spiro atoms. The second-order valence-corrected chi connectivity index (χ2v) is 5.41. The number of nitrogens with zero attached hydrogens (tertiary/aromatic N) is 2. The lowest BCUT2D eigenvalue weighted by molar-refractivity contribution is -0.123. The predicted molar refractivity (Wildman–Crippen MR) is 83.6 cm³/mol. The van der Waals surface area contributed by atoms with E-state index in [0.29, 0.717) is 18.1 Å². The zero-order valence-corrected chi connectivity index (χ0v) is 12.8. The van der Waals surface area contributed by atoms with Crippen LogP contribution < -0.4 is 20.7 Å². The highest BCUT2D eigenvalue weighted by molar-refractivity contribution is 5.87. The summed E-state index contributed by atoms with van der Waals surface area (Å²) in [5.74, 6) is 1.14. The lowest BCUT2D eigenvalue weighted by Crippen LogP contribution is -2.59. The molecule has 2 aromatic rings. The zero-order valence-electron chi connectivity index (χ0n) is 12.8. The third-order valence-electron chi connectivity index (χ3n) is 3.62. The molecule has 2 atom stereocenters. The van der Waals surface area contributed by atoms with Gasteiger partial charge >= 0.3 is 0 Å². The molecule has 1 saturated heterocycles. The third-order valence-corrected chi connectivity index (χ3v) is 3.62. The van der Waals surface area contributed by atoms with Gasteiger partial charge in [0.25, 0.3) is 0 Å². The summed E-state index contributed by atoms with van der Waals surface area (Å²) in [7, 11) is 1.61. The van der Waals surface area contributed by atoms with E-state index >= 15 is 0 Å². The first kappa shape index (κ1) is 14.5. The van der Waals surface area contributed by atoms with Crippen LogP contribution in [0, 0.1) is 6.92 Å². The number of hydrogen-bond acceptors (Lipinski definition) is 6. The molecule has 1 fully saturated rings. The van der Waals surface area contributed by atoms with Crippen LogP contribution in [0.2, 0.25) is 0 Å². The largest absolute Gasteiger partial charge is 0.494 e. The first-order valence-electron chi connectivity index (χ1n) is 7.20. The SMILES string of the molecule is COc1cccc2c(C)nc(NC3NC(=O)CC(C)N3)nc12. The Labute approximate surface area is 128 Å². The molecular formula is C15H19N5O2. The maximum absolute atomic E-state index is 11.6. The summed E-state index contributed by atoms with van der Waals surface area (Å²) < 4.78 is 5.36. The summed E-state index contributed by atoms with van der Waals surface area (Å²) >= 11 is 0. The van der Waals surface area contributed by atoms with Gasteiger partial charge in [-0.1, -0.05) is 12.1 Å². The average molecular weight is 301 g/mol. The van der Waals surface area contributed by atoms with Crippen molar-refractivity contribution in [2.24, 2.45) is 0 Å². The monoisotopic (exact) mass is 301 g/mol. The van der Waals surface area contributed by atoms with E-state index in [-0.39, 0.29) is 18.2 Å². The number of aromatic nitrogens is 2. The van der Waals surface area contributed by atoms with Crippen LogP contribution in [0.1, 0.15) is 19.0 Å². The number of amides is 1. The Hall–Kier alpha value is -2.41. The maximum Gasteiger partial charge on any atom is 0.226 e. The molecule has 1 aromatic carbocycles. The van der Waals surface area contributed by atoms with Gasteiger partial charge in [-0.15, -0.1) is 0 Å². The fraction of sp³-hybridized carbons (Fsp3) is 0.400. The molecule has 2 unspecified atom stereocenters. The Bertz CT molecular complexity index is 718. The number of methoxy groups -OCH3 is 1. The van der Waals surface area contributed by atoms with E-state index in [2.05, 4.69) is 25.9 Å². The molecule has 1 amide bonds. The molecule has 7 nitrogen and oxygen atoms in total. The van der Waals surface area contributed by atoms with Crippen LogP contribution >= 0.6 is 0 Å².